The van der Waals surface area contributed by atoms with E-state index >= 15 is 0 Å². The molecule has 0 saturated heterocycles. The lowest BCUT2D eigenvalue weighted by molar-refractivity contribution is 0.1000. The van der Waals surface area contributed by atoms with Gasteiger partial charge in [-0.05, 0) is 18.2 Å². The highest BCUT2D eigenvalue weighted by Gasteiger charge is 2.06. The van der Waals surface area contributed by atoms with Crippen LogP contribution in [0.2, 0.25) is 0 Å². The maximum atomic E-state index is 11.2. The zero-order chi connectivity index (χ0) is 15.4. The molecule has 3 rings (SSSR count). The molecule has 2 N–H and O–H groups in total. The van der Waals surface area contributed by atoms with E-state index in [0.717, 1.165) is 5.56 Å². The number of hydrogen-bond acceptors (Lipinski definition) is 4. The fraction of sp³-hybridized carbons (Fsp3) is 0. The number of carbonyl (C=O) groups is 1. The molecule has 0 bridgehead atoms. The lowest BCUT2D eigenvalue weighted by Gasteiger charge is -2.07. The smallest absolute Gasteiger partial charge is 0.248 e. The highest BCUT2D eigenvalue weighted by molar-refractivity contribution is 5.93. The minimum Gasteiger partial charge on any atom is -0.439 e. The predicted molar refractivity (Wildman–Crippen MR) is 82.5 cm³/mol. The Balaban J connectivity index is 1.87. The van der Waals surface area contributed by atoms with E-state index in [4.69, 9.17) is 10.5 Å². The molecule has 2 aromatic carbocycles. The summed E-state index contributed by atoms with van der Waals surface area (Å²) in [5.74, 6) is 0.965. The van der Waals surface area contributed by atoms with Crippen LogP contribution in [0.25, 0.3) is 11.4 Å². The van der Waals surface area contributed by atoms with Crippen molar-refractivity contribution < 1.29 is 9.53 Å². The lowest BCUT2D eigenvalue weighted by Crippen LogP contribution is -2.10. The molecule has 0 aliphatic carbocycles. The number of ether oxygens (including phenoxy) is 1. The van der Waals surface area contributed by atoms with Gasteiger partial charge in [-0.25, -0.2) is 4.98 Å². The molecular formula is C17H13N3O2. The molecule has 0 unspecified atom stereocenters. The Morgan fingerprint density at radius 2 is 1.82 bits per heavy atom. The number of nitrogens with zero attached hydrogens (tertiary/aromatic N) is 2. The monoisotopic (exact) mass is 291 g/mol. The van der Waals surface area contributed by atoms with Gasteiger partial charge in [0.15, 0.2) is 5.82 Å². The fourth-order valence-corrected chi connectivity index (χ4v) is 1.96. The third-order valence-corrected chi connectivity index (χ3v) is 3.00. The van der Waals surface area contributed by atoms with Crippen LogP contribution in [0.5, 0.6) is 11.6 Å². The summed E-state index contributed by atoms with van der Waals surface area (Å²) in [4.78, 5) is 19.8. The summed E-state index contributed by atoms with van der Waals surface area (Å²) in [7, 11) is 0. The molecule has 0 aliphatic heterocycles. The van der Waals surface area contributed by atoms with E-state index in [1.807, 2.05) is 30.3 Å². The highest BCUT2D eigenvalue weighted by Crippen LogP contribution is 2.22. The van der Waals surface area contributed by atoms with Gasteiger partial charge in [-0.2, -0.15) is 4.98 Å². The van der Waals surface area contributed by atoms with E-state index in [9.17, 15) is 4.79 Å². The van der Waals surface area contributed by atoms with Crippen LogP contribution in [0.15, 0.2) is 66.9 Å². The van der Waals surface area contributed by atoms with Crippen LogP contribution in [0.3, 0.4) is 0 Å². The molecule has 0 fully saturated rings. The Kier molecular flexibility index (Phi) is 3.78. The van der Waals surface area contributed by atoms with Gasteiger partial charge in [0.05, 0.1) is 0 Å². The SMILES string of the molecule is NC(=O)c1cccc(Oc2ccnc(-c3ccccc3)n2)c1. The molecule has 0 aliphatic rings. The highest BCUT2D eigenvalue weighted by atomic mass is 16.5. The van der Waals surface area contributed by atoms with Crippen molar-refractivity contribution in [3.63, 3.8) is 0 Å². The first-order chi connectivity index (χ1) is 10.7. The summed E-state index contributed by atoms with van der Waals surface area (Å²) in [5.41, 5.74) is 6.54. The molecular weight excluding hydrogens is 278 g/mol. The summed E-state index contributed by atoms with van der Waals surface area (Å²) < 4.78 is 5.67. The zero-order valence-electron chi connectivity index (χ0n) is 11.6. The minimum absolute atomic E-state index is 0.384. The van der Waals surface area contributed by atoms with Crippen molar-refractivity contribution >= 4 is 5.91 Å². The quantitative estimate of drug-likeness (QED) is 0.801. The standard InChI is InChI=1S/C17H13N3O2/c18-16(21)13-7-4-8-14(11-13)22-15-9-10-19-17(20-15)12-5-2-1-3-6-12/h1-11H,(H2,18,21). The van der Waals surface area contributed by atoms with Gasteiger partial charge in [0.25, 0.3) is 0 Å². The Morgan fingerprint density at radius 1 is 1.00 bits per heavy atom. The minimum atomic E-state index is -0.502. The van der Waals surface area contributed by atoms with Crippen LogP contribution in [-0.4, -0.2) is 15.9 Å². The molecule has 5 heteroatoms. The number of nitrogens with two attached hydrogens (primary N) is 1. The van der Waals surface area contributed by atoms with Gasteiger partial charge in [0.1, 0.15) is 5.75 Å². The van der Waals surface area contributed by atoms with Gasteiger partial charge >= 0.3 is 0 Å². The van der Waals surface area contributed by atoms with Crippen molar-refractivity contribution in [1.29, 1.82) is 0 Å². The summed E-state index contributed by atoms with van der Waals surface area (Å²) in [6.45, 7) is 0. The first-order valence-corrected chi connectivity index (χ1v) is 6.68. The van der Waals surface area contributed by atoms with Gasteiger partial charge in [-0.15, -0.1) is 0 Å². The van der Waals surface area contributed by atoms with Crippen LogP contribution in [-0.2, 0) is 0 Å². The molecule has 0 radical (unpaired) electrons. The number of aromatic nitrogens is 2. The number of amides is 1. The van der Waals surface area contributed by atoms with E-state index in [1.54, 1.807) is 36.5 Å². The summed E-state index contributed by atoms with van der Waals surface area (Å²) in [6, 6.07) is 17.9. The van der Waals surface area contributed by atoms with Gasteiger partial charge in [0, 0.05) is 23.4 Å². The molecule has 0 saturated carbocycles. The molecule has 1 aromatic heterocycles. The molecule has 108 valence electrons. The third-order valence-electron chi connectivity index (χ3n) is 3.00. The normalized spacial score (nSPS) is 10.2. The van der Waals surface area contributed by atoms with Crippen molar-refractivity contribution in [1.82, 2.24) is 9.97 Å². The molecule has 3 aromatic rings. The first-order valence-electron chi connectivity index (χ1n) is 6.68. The summed E-state index contributed by atoms with van der Waals surface area (Å²) in [6.07, 6.45) is 1.63. The maximum absolute atomic E-state index is 11.2. The molecule has 1 amide bonds. The maximum Gasteiger partial charge on any atom is 0.248 e. The zero-order valence-corrected chi connectivity index (χ0v) is 11.6. The summed E-state index contributed by atoms with van der Waals surface area (Å²) >= 11 is 0. The third kappa shape index (κ3) is 3.09. The van der Waals surface area contributed by atoms with Gasteiger partial charge in [-0.1, -0.05) is 36.4 Å². The lowest BCUT2D eigenvalue weighted by atomic mass is 10.2. The largest absolute Gasteiger partial charge is 0.439 e. The Bertz CT molecular complexity index is 804. The first kappa shape index (κ1) is 13.8. The molecule has 5 nitrogen and oxygen atoms in total. The van der Waals surface area contributed by atoms with Crippen molar-refractivity contribution in [3.05, 3.63) is 72.4 Å². The van der Waals surface area contributed by atoms with Crippen LogP contribution >= 0.6 is 0 Å². The second-order valence-corrected chi connectivity index (χ2v) is 4.58. The van der Waals surface area contributed by atoms with Crippen LogP contribution in [0.1, 0.15) is 10.4 Å². The van der Waals surface area contributed by atoms with E-state index in [2.05, 4.69) is 9.97 Å². The van der Waals surface area contributed by atoms with Crippen LogP contribution < -0.4 is 10.5 Å². The van der Waals surface area contributed by atoms with Crippen molar-refractivity contribution in [2.45, 2.75) is 0 Å². The number of hydrogen-bond donors (Lipinski definition) is 1. The molecule has 1 heterocycles. The van der Waals surface area contributed by atoms with Crippen LogP contribution in [0.4, 0.5) is 0 Å². The predicted octanol–water partition coefficient (Wildman–Crippen LogP) is 3.03. The molecule has 22 heavy (non-hydrogen) atoms. The fourth-order valence-electron chi connectivity index (χ4n) is 1.96. The van der Waals surface area contributed by atoms with Crippen LogP contribution in [0, 0.1) is 0 Å². The Morgan fingerprint density at radius 3 is 2.59 bits per heavy atom. The topological polar surface area (TPSA) is 78.1 Å². The number of rotatable bonds is 4. The van der Waals surface area contributed by atoms with Gasteiger partial charge in [-0.3, -0.25) is 4.79 Å². The average molecular weight is 291 g/mol. The Labute approximate surface area is 127 Å². The number of primary amides is 1. The Hall–Kier alpha value is -3.21. The van der Waals surface area contributed by atoms with E-state index in [0.29, 0.717) is 23.0 Å². The average Bonchev–Trinajstić information content (AvgIpc) is 2.56. The summed E-state index contributed by atoms with van der Waals surface area (Å²) in [5, 5.41) is 0. The van der Waals surface area contributed by atoms with Crippen molar-refractivity contribution in [2.75, 3.05) is 0 Å². The second-order valence-electron chi connectivity index (χ2n) is 4.58. The van der Waals surface area contributed by atoms with E-state index < -0.39 is 5.91 Å². The molecule has 0 spiro atoms. The second kappa shape index (κ2) is 6.05. The number of carbonyl (C=O) groups excluding carboxylic acids is 1. The number of benzene rings is 2. The van der Waals surface area contributed by atoms with Crippen molar-refractivity contribution in [3.8, 4) is 23.0 Å². The van der Waals surface area contributed by atoms with Gasteiger partial charge in [0.2, 0.25) is 11.8 Å². The van der Waals surface area contributed by atoms with Crippen molar-refractivity contribution in [2.24, 2.45) is 5.73 Å². The van der Waals surface area contributed by atoms with Gasteiger partial charge < -0.3 is 10.5 Å². The van der Waals surface area contributed by atoms with E-state index in [-0.39, 0.29) is 0 Å². The molecule has 0 atom stereocenters. The van der Waals surface area contributed by atoms with E-state index in [1.165, 1.54) is 0 Å².